The van der Waals surface area contributed by atoms with Crippen molar-refractivity contribution in [3.63, 3.8) is 0 Å². The van der Waals surface area contributed by atoms with Gasteiger partial charge >= 0.3 is 0 Å². The highest BCUT2D eigenvalue weighted by Gasteiger charge is 2.13. The van der Waals surface area contributed by atoms with Gasteiger partial charge in [-0.25, -0.2) is 9.97 Å². The van der Waals surface area contributed by atoms with Crippen LogP contribution in [0.5, 0.6) is 5.75 Å². The Balaban J connectivity index is 1.45. The first kappa shape index (κ1) is 23.8. The van der Waals surface area contributed by atoms with Crippen molar-refractivity contribution >= 4 is 28.8 Å². The summed E-state index contributed by atoms with van der Waals surface area (Å²) < 4.78 is 7.43. The lowest BCUT2D eigenvalue weighted by atomic mass is 10.1. The number of hydrogen-bond donors (Lipinski definition) is 1. The summed E-state index contributed by atoms with van der Waals surface area (Å²) in [6, 6.07) is 19.8. The molecule has 0 aliphatic carbocycles. The van der Waals surface area contributed by atoms with E-state index >= 15 is 0 Å². The maximum Gasteiger partial charge on any atom is 0.251 e. The van der Waals surface area contributed by atoms with Gasteiger partial charge in [-0.2, -0.15) is 0 Å². The number of aromatic nitrogens is 3. The van der Waals surface area contributed by atoms with Crippen LogP contribution >= 0.6 is 11.8 Å². The fraction of sp³-hybridized carbons (Fsp3) is 0.296. The molecule has 4 aromatic rings. The summed E-state index contributed by atoms with van der Waals surface area (Å²) in [4.78, 5) is 21.7. The van der Waals surface area contributed by atoms with Crippen LogP contribution in [0.4, 0.5) is 0 Å². The second-order valence-electron chi connectivity index (χ2n) is 8.60. The number of pyridine rings is 1. The van der Waals surface area contributed by atoms with E-state index in [4.69, 9.17) is 9.72 Å². The first-order valence-corrected chi connectivity index (χ1v) is 12.5. The highest BCUT2D eigenvalue weighted by atomic mass is 32.2. The van der Waals surface area contributed by atoms with E-state index in [1.165, 1.54) is 0 Å². The number of thioether (sulfide) groups is 1. The summed E-state index contributed by atoms with van der Waals surface area (Å²) in [5.74, 6) is 2.14. The predicted molar refractivity (Wildman–Crippen MR) is 137 cm³/mol. The Morgan fingerprint density at radius 3 is 2.50 bits per heavy atom. The van der Waals surface area contributed by atoms with E-state index in [0.717, 1.165) is 45.4 Å². The Hall–Kier alpha value is -3.32. The largest absolute Gasteiger partial charge is 0.497 e. The molecule has 0 atom stereocenters. The van der Waals surface area contributed by atoms with Crippen molar-refractivity contribution in [2.24, 2.45) is 5.92 Å². The molecule has 0 bridgehead atoms. The van der Waals surface area contributed by atoms with Crippen LogP contribution in [0.1, 0.15) is 41.8 Å². The molecule has 0 saturated heterocycles. The number of nitrogens with zero attached hydrogens (tertiary/aromatic N) is 3. The molecule has 0 aliphatic heterocycles. The fourth-order valence-corrected chi connectivity index (χ4v) is 4.54. The summed E-state index contributed by atoms with van der Waals surface area (Å²) in [6.45, 7) is 5.68. The minimum Gasteiger partial charge on any atom is -0.497 e. The minimum atomic E-state index is -0.0211. The molecular weight excluding hydrogens is 444 g/mol. The predicted octanol–water partition coefficient (Wildman–Crippen LogP) is 5.56. The normalized spacial score (nSPS) is 11.2. The Bertz CT molecular complexity index is 1230. The summed E-state index contributed by atoms with van der Waals surface area (Å²) in [6.07, 6.45) is 2.78. The van der Waals surface area contributed by atoms with Crippen molar-refractivity contribution in [2.75, 3.05) is 13.7 Å². The molecule has 6 nitrogen and oxygen atoms in total. The van der Waals surface area contributed by atoms with E-state index < -0.39 is 0 Å². The zero-order chi connectivity index (χ0) is 23.9. The van der Waals surface area contributed by atoms with E-state index in [0.29, 0.717) is 24.6 Å². The van der Waals surface area contributed by atoms with Gasteiger partial charge in [0.2, 0.25) is 0 Å². The van der Waals surface area contributed by atoms with Gasteiger partial charge in [0, 0.05) is 24.1 Å². The van der Waals surface area contributed by atoms with Gasteiger partial charge in [0.05, 0.1) is 13.7 Å². The van der Waals surface area contributed by atoms with Crippen LogP contribution in [-0.4, -0.2) is 34.1 Å². The number of benzene rings is 2. The molecule has 0 aliphatic rings. The smallest absolute Gasteiger partial charge is 0.251 e. The number of imidazole rings is 1. The van der Waals surface area contributed by atoms with Crippen LogP contribution in [0, 0.1) is 5.92 Å². The van der Waals surface area contributed by atoms with Gasteiger partial charge in [-0.3, -0.25) is 9.36 Å². The standard InChI is InChI=1S/C27H30N4O2S/c1-19(2)14-16-29-26(32)22-10-6-21(7-11-22)18-34-27-30-24-5-4-15-28-25(24)31(27)17-20-8-12-23(33-3)13-9-20/h4-13,15,19H,14,16-18H2,1-3H3,(H,29,32). The number of nitrogens with one attached hydrogen (secondary N) is 1. The number of amides is 1. The topological polar surface area (TPSA) is 69.0 Å². The molecule has 4 rings (SSSR count). The lowest BCUT2D eigenvalue weighted by Gasteiger charge is -2.10. The van der Waals surface area contributed by atoms with Crippen LogP contribution in [0.2, 0.25) is 0 Å². The molecule has 176 valence electrons. The van der Waals surface area contributed by atoms with Gasteiger partial charge in [-0.05, 0) is 59.9 Å². The van der Waals surface area contributed by atoms with Crippen molar-refractivity contribution in [3.05, 3.63) is 83.6 Å². The lowest BCUT2D eigenvalue weighted by molar-refractivity contribution is 0.0952. The molecule has 2 aromatic heterocycles. The van der Waals surface area contributed by atoms with E-state index in [2.05, 4.69) is 40.8 Å². The average molecular weight is 475 g/mol. The molecule has 7 heteroatoms. The zero-order valence-corrected chi connectivity index (χ0v) is 20.6. The highest BCUT2D eigenvalue weighted by Crippen LogP contribution is 2.27. The van der Waals surface area contributed by atoms with Gasteiger partial charge < -0.3 is 10.1 Å². The van der Waals surface area contributed by atoms with E-state index in [9.17, 15) is 4.79 Å². The third-order valence-electron chi connectivity index (χ3n) is 5.56. The number of carbonyl (C=O) groups is 1. The Kier molecular flexibility index (Phi) is 7.85. The first-order chi connectivity index (χ1) is 16.5. The summed E-state index contributed by atoms with van der Waals surface area (Å²) in [7, 11) is 1.67. The molecular formula is C27H30N4O2S. The molecule has 0 spiro atoms. The van der Waals surface area contributed by atoms with Gasteiger partial charge in [0.1, 0.15) is 11.3 Å². The number of methoxy groups -OCH3 is 1. The maximum atomic E-state index is 12.3. The second kappa shape index (κ2) is 11.2. The SMILES string of the molecule is COc1ccc(Cn2c(SCc3ccc(C(=O)NCCC(C)C)cc3)nc3cccnc32)cc1. The van der Waals surface area contributed by atoms with Crippen molar-refractivity contribution in [1.82, 2.24) is 19.9 Å². The van der Waals surface area contributed by atoms with Gasteiger partial charge in [0.15, 0.2) is 10.8 Å². The van der Waals surface area contributed by atoms with Crippen molar-refractivity contribution in [2.45, 2.75) is 37.7 Å². The Morgan fingerprint density at radius 1 is 1.06 bits per heavy atom. The molecule has 0 fully saturated rings. The summed E-state index contributed by atoms with van der Waals surface area (Å²) in [5, 5.41) is 3.90. The minimum absolute atomic E-state index is 0.0211. The Morgan fingerprint density at radius 2 is 1.79 bits per heavy atom. The lowest BCUT2D eigenvalue weighted by Crippen LogP contribution is -2.25. The zero-order valence-electron chi connectivity index (χ0n) is 19.8. The van der Waals surface area contributed by atoms with E-state index in [1.807, 2.05) is 48.5 Å². The fourth-order valence-electron chi connectivity index (χ4n) is 3.58. The van der Waals surface area contributed by atoms with Crippen LogP contribution < -0.4 is 10.1 Å². The van der Waals surface area contributed by atoms with Crippen molar-refractivity contribution < 1.29 is 9.53 Å². The molecule has 0 radical (unpaired) electrons. The molecule has 1 N–H and O–H groups in total. The van der Waals surface area contributed by atoms with Crippen molar-refractivity contribution in [3.8, 4) is 5.75 Å². The number of carbonyl (C=O) groups excluding carboxylic acids is 1. The monoisotopic (exact) mass is 474 g/mol. The van der Waals surface area contributed by atoms with Crippen LogP contribution in [0.25, 0.3) is 11.2 Å². The molecule has 1 amide bonds. The summed E-state index contributed by atoms with van der Waals surface area (Å²) in [5.41, 5.74) is 4.73. The second-order valence-corrected chi connectivity index (χ2v) is 9.54. The number of hydrogen-bond acceptors (Lipinski definition) is 5. The van der Waals surface area contributed by atoms with Crippen LogP contribution in [-0.2, 0) is 12.3 Å². The number of ether oxygens (including phenoxy) is 1. The highest BCUT2D eigenvalue weighted by molar-refractivity contribution is 7.98. The van der Waals surface area contributed by atoms with Crippen LogP contribution in [0.15, 0.2) is 72.0 Å². The maximum absolute atomic E-state index is 12.3. The van der Waals surface area contributed by atoms with Crippen LogP contribution in [0.3, 0.4) is 0 Å². The third kappa shape index (κ3) is 5.97. The number of rotatable bonds is 10. The molecule has 0 unspecified atom stereocenters. The molecule has 2 heterocycles. The van der Waals surface area contributed by atoms with Crippen molar-refractivity contribution in [1.29, 1.82) is 0 Å². The first-order valence-electron chi connectivity index (χ1n) is 11.5. The molecule has 34 heavy (non-hydrogen) atoms. The average Bonchev–Trinajstić information content (AvgIpc) is 3.20. The number of fused-ring (bicyclic) bond motifs is 1. The summed E-state index contributed by atoms with van der Waals surface area (Å²) >= 11 is 1.67. The third-order valence-corrected chi connectivity index (χ3v) is 6.61. The van der Waals surface area contributed by atoms with Gasteiger partial charge in [0.25, 0.3) is 5.91 Å². The Labute approximate surface area is 204 Å². The quantitative estimate of drug-likeness (QED) is 0.305. The van der Waals surface area contributed by atoms with Gasteiger partial charge in [-0.15, -0.1) is 0 Å². The molecule has 2 aromatic carbocycles. The van der Waals surface area contributed by atoms with Gasteiger partial charge in [-0.1, -0.05) is 49.9 Å². The van der Waals surface area contributed by atoms with E-state index in [1.54, 1.807) is 25.1 Å². The molecule has 0 saturated carbocycles. The van der Waals surface area contributed by atoms with E-state index in [-0.39, 0.29) is 5.91 Å².